The number of hydrogen-bond donors (Lipinski definition) is 2. The minimum Gasteiger partial charge on any atom is -0.473 e. The van der Waals surface area contributed by atoms with Gasteiger partial charge in [-0.1, -0.05) is 0 Å². The topological polar surface area (TPSA) is 98.4 Å². The van der Waals surface area contributed by atoms with E-state index in [0.717, 1.165) is 31.6 Å². The van der Waals surface area contributed by atoms with Crippen LogP contribution in [0.3, 0.4) is 0 Å². The maximum atomic E-state index is 13.6. The molecule has 2 saturated heterocycles. The number of nitrogens with zero attached hydrogens (tertiary/aromatic N) is 4. The zero-order valence-electron chi connectivity index (χ0n) is 16.3. The Bertz CT molecular complexity index is 883. The van der Waals surface area contributed by atoms with E-state index in [2.05, 4.69) is 20.3 Å². The molecular formula is C19H23F3N6O2. The lowest BCUT2D eigenvalue weighted by molar-refractivity contribution is -0.137. The minimum absolute atomic E-state index is 0.0307. The van der Waals surface area contributed by atoms with Crippen molar-refractivity contribution in [3.63, 3.8) is 0 Å². The van der Waals surface area contributed by atoms with Gasteiger partial charge in [-0.05, 0) is 25.5 Å². The Labute approximate surface area is 171 Å². The second-order valence-corrected chi connectivity index (χ2v) is 7.19. The molecule has 0 aliphatic carbocycles. The molecule has 0 spiro atoms. The van der Waals surface area contributed by atoms with Crippen molar-refractivity contribution in [3.8, 4) is 17.1 Å². The van der Waals surface area contributed by atoms with E-state index in [9.17, 15) is 13.2 Å². The Balaban J connectivity index is 1.78. The fourth-order valence-electron chi connectivity index (χ4n) is 3.58. The van der Waals surface area contributed by atoms with Crippen molar-refractivity contribution in [3.05, 3.63) is 23.9 Å². The molecule has 0 bridgehead atoms. The molecule has 11 heteroatoms. The third-order valence-corrected chi connectivity index (χ3v) is 5.07. The third-order valence-electron chi connectivity index (χ3n) is 5.07. The summed E-state index contributed by atoms with van der Waals surface area (Å²) in [6.07, 6.45) is -1.90. The van der Waals surface area contributed by atoms with Gasteiger partial charge in [0.1, 0.15) is 11.9 Å². The average Bonchev–Trinajstić information content (AvgIpc) is 2.74. The summed E-state index contributed by atoms with van der Waals surface area (Å²) in [7, 11) is 0. The lowest BCUT2D eigenvalue weighted by Crippen LogP contribution is -2.38. The standard InChI is InChI=1S/C19H23F3N6O2/c20-19(21,22)13-3-5-25-17(23)16(13)14-10-15(30-12-2-1-4-24-11-12)27-18(26-14)28-6-8-29-9-7-28/h3,5,10,12,24H,1-2,4,6-9,11H2,(H2,23,25)/t12-/m0/s1. The molecule has 4 rings (SSSR count). The smallest absolute Gasteiger partial charge is 0.417 e. The molecule has 0 amide bonds. The van der Waals surface area contributed by atoms with Crippen molar-refractivity contribution in [2.45, 2.75) is 25.1 Å². The summed E-state index contributed by atoms with van der Waals surface area (Å²) >= 11 is 0. The lowest BCUT2D eigenvalue weighted by Gasteiger charge is -2.28. The van der Waals surface area contributed by atoms with E-state index in [1.807, 2.05) is 4.90 Å². The van der Waals surface area contributed by atoms with Gasteiger partial charge < -0.3 is 25.4 Å². The molecule has 162 valence electrons. The van der Waals surface area contributed by atoms with E-state index < -0.39 is 11.7 Å². The largest absolute Gasteiger partial charge is 0.473 e. The lowest BCUT2D eigenvalue weighted by atomic mass is 10.1. The first-order chi connectivity index (χ1) is 14.4. The SMILES string of the molecule is Nc1nccc(C(F)(F)F)c1-c1cc(O[C@H]2CCCNC2)nc(N2CCOCC2)n1. The van der Waals surface area contributed by atoms with Crippen molar-refractivity contribution in [2.75, 3.05) is 50.0 Å². The predicted octanol–water partition coefficient (Wildman–Crippen LogP) is 2.11. The minimum atomic E-state index is -4.61. The highest BCUT2D eigenvalue weighted by molar-refractivity contribution is 5.76. The van der Waals surface area contributed by atoms with Crippen LogP contribution in [-0.2, 0) is 10.9 Å². The number of alkyl halides is 3. The molecule has 0 radical (unpaired) electrons. The Kier molecular flexibility index (Phi) is 5.91. The van der Waals surface area contributed by atoms with Crippen LogP contribution in [0.15, 0.2) is 18.3 Å². The quantitative estimate of drug-likeness (QED) is 0.770. The molecule has 2 fully saturated rings. The van der Waals surface area contributed by atoms with Crippen LogP contribution in [-0.4, -0.2) is 60.4 Å². The Hall–Kier alpha value is -2.66. The van der Waals surface area contributed by atoms with E-state index >= 15 is 0 Å². The van der Waals surface area contributed by atoms with Gasteiger partial charge in [0.25, 0.3) is 0 Å². The summed E-state index contributed by atoms with van der Waals surface area (Å²) in [6.45, 7) is 3.59. The summed E-state index contributed by atoms with van der Waals surface area (Å²) in [4.78, 5) is 14.6. The maximum absolute atomic E-state index is 13.6. The van der Waals surface area contributed by atoms with Crippen LogP contribution in [0.25, 0.3) is 11.3 Å². The van der Waals surface area contributed by atoms with Crippen LogP contribution in [0.4, 0.5) is 24.9 Å². The first kappa shape index (κ1) is 20.6. The van der Waals surface area contributed by atoms with Gasteiger partial charge >= 0.3 is 6.18 Å². The van der Waals surface area contributed by atoms with E-state index in [-0.39, 0.29) is 35.0 Å². The first-order valence-electron chi connectivity index (χ1n) is 9.83. The highest BCUT2D eigenvalue weighted by Crippen LogP contribution is 2.39. The summed E-state index contributed by atoms with van der Waals surface area (Å²) in [6, 6.07) is 2.30. The third kappa shape index (κ3) is 4.57. The van der Waals surface area contributed by atoms with Gasteiger partial charge in [-0.2, -0.15) is 18.2 Å². The second kappa shape index (κ2) is 8.60. The van der Waals surface area contributed by atoms with Crippen molar-refractivity contribution >= 4 is 11.8 Å². The zero-order valence-corrected chi connectivity index (χ0v) is 16.3. The summed E-state index contributed by atoms with van der Waals surface area (Å²) in [5.74, 6) is 0.249. The molecule has 2 aromatic rings. The number of ether oxygens (including phenoxy) is 2. The zero-order chi connectivity index (χ0) is 21.1. The van der Waals surface area contributed by atoms with Crippen LogP contribution in [0.1, 0.15) is 18.4 Å². The molecule has 2 aliphatic heterocycles. The number of nitrogen functional groups attached to an aromatic ring is 1. The summed E-state index contributed by atoms with van der Waals surface area (Å²) in [5, 5.41) is 3.24. The number of piperidine rings is 1. The van der Waals surface area contributed by atoms with Crippen LogP contribution in [0, 0.1) is 0 Å². The molecule has 30 heavy (non-hydrogen) atoms. The molecule has 1 atom stereocenters. The van der Waals surface area contributed by atoms with Crippen LogP contribution in [0.2, 0.25) is 0 Å². The number of pyridine rings is 1. The van der Waals surface area contributed by atoms with Crippen LogP contribution < -0.4 is 20.7 Å². The number of rotatable bonds is 4. The van der Waals surface area contributed by atoms with E-state index in [1.165, 1.54) is 6.07 Å². The van der Waals surface area contributed by atoms with Crippen molar-refractivity contribution in [1.29, 1.82) is 0 Å². The van der Waals surface area contributed by atoms with Gasteiger partial charge in [-0.3, -0.25) is 0 Å². The van der Waals surface area contributed by atoms with Crippen molar-refractivity contribution < 1.29 is 22.6 Å². The summed E-state index contributed by atoms with van der Waals surface area (Å²) < 4.78 is 52.3. The number of hydrogen-bond acceptors (Lipinski definition) is 8. The van der Waals surface area contributed by atoms with Gasteiger partial charge in [0.05, 0.1) is 30.0 Å². The molecule has 2 aromatic heterocycles. The normalized spacial score (nSPS) is 20.2. The Morgan fingerprint density at radius 3 is 2.73 bits per heavy atom. The van der Waals surface area contributed by atoms with E-state index in [4.69, 9.17) is 15.2 Å². The van der Waals surface area contributed by atoms with Gasteiger partial charge in [0, 0.05) is 31.9 Å². The van der Waals surface area contributed by atoms with Crippen LogP contribution in [0.5, 0.6) is 5.88 Å². The molecule has 0 aromatic carbocycles. The second-order valence-electron chi connectivity index (χ2n) is 7.19. The molecule has 8 nitrogen and oxygen atoms in total. The van der Waals surface area contributed by atoms with Gasteiger partial charge in [0.2, 0.25) is 11.8 Å². The average molecular weight is 424 g/mol. The maximum Gasteiger partial charge on any atom is 0.417 e. The van der Waals surface area contributed by atoms with Crippen LogP contribution >= 0.6 is 0 Å². The molecule has 3 N–H and O–H groups in total. The molecule has 4 heterocycles. The van der Waals surface area contributed by atoms with E-state index in [1.54, 1.807) is 0 Å². The highest BCUT2D eigenvalue weighted by atomic mass is 19.4. The molecule has 0 unspecified atom stereocenters. The fourth-order valence-corrected chi connectivity index (χ4v) is 3.58. The van der Waals surface area contributed by atoms with Crippen molar-refractivity contribution in [2.24, 2.45) is 0 Å². The molecular weight excluding hydrogens is 401 g/mol. The number of aromatic nitrogens is 3. The van der Waals surface area contributed by atoms with E-state index in [0.29, 0.717) is 32.8 Å². The van der Waals surface area contributed by atoms with Gasteiger partial charge in [-0.15, -0.1) is 0 Å². The van der Waals surface area contributed by atoms with Gasteiger partial charge in [-0.25, -0.2) is 9.97 Å². The van der Waals surface area contributed by atoms with Gasteiger partial charge in [0.15, 0.2) is 0 Å². The molecule has 2 aliphatic rings. The number of halogens is 3. The summed E-state index contributed by atoms with van der Waals surface area (Å²) in [5.41, 5.74) is 4.72. The fraction of sp³-hybridized carbons (Fsp3) is 0.526. The number of anilines is 2. The Morgan fingerprint density at radius 2 is 2.03 bits per heavy atom. The molecule has 0 saturated carbocycles. The van der Waals surface area contributed by atoms with Crippen molar-refractivity contribution in [1.82, 2.24) is 20.3 Å². The monoisotopic (exact) mass is 424 g/mol. The number of morpholine rings is 1. The highest BCUT2D eigenvalue weighted by Gasteiger charge is 2.36. The Morgan fingerprint density at radius 1 is 1.23 bits per heavy atom. The number of nitrogens with one attached hydrogen (secondary N) is 1. The number of nitrogens with two attached hydrogens (primary N) is 1. The predicted molar refractivity (Wildman–Crippen MR) is 104 cm³/mol. The first-order valence-corrected chi connectivity index (χ1v) is 9.83.